The molecule has 4 rings (SSSR count). The number of carbonyl (C=O) groups excluding carboxylic acids is 1. The van der Waals surface area contributed by atoms with Gasteiger partial charge in [-0.1, -0.05) is 18.2 Å². The minimum absolute atomic E-state index is 0.00511. The van der Waals surface area contributed by atoms with Crippen LogP contribution in [0.2, 0.25) is 0 Å². The number of fused-ring (bicyclic) bond motifs is 1. The number of hydrogen-bond donors (Lipinski definition) is 0. The zero-order valence-electron chi connectivity index (χ0n) is 14.0. The maximum absolute atomic E-state index is 13.8. The lowest BCUT2D eigenvalue weighted by Crippen LogP contribution is -2.35. The van der Waals surface area contributed by atoms with E-state index in [2.05, 4.69) is 4.90 Å². The van der Waals surface area contributed by atoms with Crippen LogP contribution in [0.4, 0.5) is 4.39 Å². The lowest BCUT2D eigenvalue weighted by atomic mass is 10.1. The van der Waals surface area contributed by atoms with Crippen molar-refractivity contribution in [3.05, 3.63) is 35.6 Å². The second-order valence-corrected chi connectivity index (χ2v) is 7.44. The van der Waals surface area contributed by atoms with E-state index in [9.17, 15) is 9.18 Å². The number of likely N-dealkylation sites (tertiary alicyclic amines) is 1. The van der Waals surface area contributed by atoms with Crippen LogP contribution in [-0.2, 0) is 16.0 Å². The highest BCUT2D eigenvalue weighted by atomic mass is 19.1. The topological polar surface area (TPSA) is 32.8 Å². The van der Waals surface area contributed by atoms with Gasteiger partial charge in [0.15, 0.2) is 0 Å². The van der Waals surface area contributed by atoms with Gasteiger partial charge in [0.1, 0.15) is 5.82 Å². The van der Waals surface area contributed by atoms with Crippen LogP contribution in [0.5, 0.6) is 0 Å². The average molecular weight is 332 g/mol. The standard InChI is InChI=1S/C19H25FN2O2/c20-17-4-2-1-3-15(17)9-19(23)22-12-16-11-21(10-14-5-6-14)7-8-24-18(16)13-22/h1-4,14,16,18H,5-13H2/t16-,18+/m1/s1. The van der Waals surface area contributed by atoms with Crippen molar-refractivity contribution in [2.24, 2.45) is 11.8 Å². The van der Waals surface area contributed by atoms with Gasteiger partial charge < -0.3 is 14.5 Å². The molecule has 2 saturated heterocycles. The van der Waals surface area contributed by atoms with Gasteiger partial charge >= 0.3 is 0 Å². The predicted octanol–water partition coefficient (Wildman–Crippen LogP) is 1.94. The largest absolute Gasteiger partial charge is 0.375 e. The number of halogens is 1. The van der Waals surface area contributed by atoms with Crippen molar-refractivity contribution in [1.82, 2.24) is 9.80 Å². The molecule has 2 atom stereocenters. The molecule has 24 heavy (non-hydrogen) atoms. The Bertz CT molecular complexity index is 605. The Morgan fingerprint density at radius 1 is 1.21 bits per heavy atom. The first-order valence-electron chi connectivity index (χ1n) is 9.04. The van der Waals surface area contributed by atoms with Crippen LogP contribution in [-0.4, -0.2) is 61.1 Å². The number of hydrogen-bond acceptors (Lipinski definition) is 3. The second kappa shape index (κ2) is 6.81. The molecular weight excluding hydrogens is 307 g/mol. The first-order valence-corrected chi connectivity index (χ1v) is 9.04. The van der Waals surface area contributed by atoms with E-state index in [-0.39, 0.29) is 24.2 Å². The maximum Gasteiger partial charge on any atom is 0.227 e. The molecule has 3 aliphatic rings. The fraction of sp³-hybridized carbons (Fsp3) is 0.632. The molecule has 0 bridgehead atoms. The summed E-state index contributed by atoms with van der Waals surface area (Å²) in [6.45, 7) is 5.34. The summed E-state index contributed by atoms with van der Waals surface area (Å²) in [5, 5.41) is 0. The maximum atomic E-state index is 13.8. The molecule has 1 saturated carbocycles. The number of carbonyl (C=O) groups is 1. The molecule has 0 unspecified atom stereocenters. The highest BCUT2D eigenvalue weighted by Crippen LogP contribution is 2.31. The molecule has 1 aromatic rings. The molecule has 0 radical (unpaired) electrons. The Hall–Kier alpha value is -1.46. The lowest BCUT2D eigenvalue weighted by Gasteiger charge is -2.23. The van der Waals surface area contributed by atoms with E-state index in [0.29, 0.717) is 18.0 Å². The summed E-state index contributed by atoms with van der Waals surface area (Å²) < 4.78 is 19.8. The van der Waals surface area contributed by atoms with Crippen LogP contribution in [0.1, 0.15) is 18.4 Å². The third-order valence-electron chi connectivity index (χ3n) is 5.48. The SMILES string of the molecule is O=C(Cc1ccccc1F)N1C[C@H]2CN(CC3CC3)CCO[C@H]2C1. The van der Waals surface area contributed by atoms with Crippen LogP contribution in [0.15, 0.2) is 24.3 Å². The molecule has 2 aliphatic heterocycles. The minimum atomic E-state index is -0.300. The zero-order valence-corrected chi connectivity index (χ0v) is 14.0. The van der Waals surface area contributed by atoms with Gasteiger partial charge in [-0.3, -0.25) is 4.79 Å². The van der Waals surface area contributed by atoms with Gasteiger partial charge in [0.25, 0.3) is 0 Å². The van der Waals surface area contributed by atoms with E-state index in [1.165, 1.54) is 25.5 Å². The summed E-state index contributed by atoms with van der Waals surface area (Å²) in [6.07, 6.45) is 2.99. The Morgan fingerprint density at radius 3 is 2.83 bits per heavy atom. The molecule has 0 spiro atoms. The molecule has 2 heterocycles. The quantitative estimate of drug-likeness (QED) is 0.845. The monoisotopic (exact) mass is 332 g/mol. The van der Waals surface area contributed by atoms with Crippen LogP contribution < -0.4 is 0 Å². The Morgan fingerprint density at radius 2 is 2.04 bits per heavy atom. The van der Waals surface area contributed by atoms with E-state index in [4.69, 9.17) is 4.74 Å². The van der Waals surface area contributed by atoms with Gasteiger partial charge in [0, 0.05) is 38.6 Å². The molecule has 1 aromatic carbocycles. The number of benzene rings is 1. The average Bonchev–Trinajstić information content (AvgIpc) is 3.33. The van der Waals surface area contributed by atoms with Crippen LogP contribution in [0.25, 0.3) is 0 Å². The Balaban J connectivity index is 1.36. The molecular formula is C19H25FN2O2. The molecule has 0 N–H and O–H groups in total. The predicted molar refractivity (Wildman–Crippen MR) is 89.1 cm³/mol. The first-order chi connectivity index (χ1) is 11.7. The van der Waals surface area contributed by atoms with Crippen molar-refractivity contribution in [2.75, 3.05) is 39.3 Å². The highest BCUT2D eigenvalue weighted by Gasteiger charge is 2.39. The second-order valence-electron chi connectivity index (χ2n) is 7.44. The molecule has 1 aliphatic carbocycles. The van der Waals surface area contributed by atoms with E-state index in [0.717, 1.165) is 32.2 Å². The van der Waals surface area contributed by atoms with Crippen molar-refractivity contribution in [2.45, 2.75) is 25.4 Å². The third kappa shape index (κ3) is 3.62. The molecule has 1 amide bonds. The van der Waals surface area contributed by atoms with Crippen molar-refractivity contribution in [3.63, 3.8) is 0 Å². The zero-order chi connectivity index (χ0) is 16.5. The lowest BCUT2D eigenvalue weighted by molar-refractivity contribution is -0.130. The van der Waals surface area contributed by atoms with Crippen molar-refractivity contribution in [3.8, 4) is 0 Å². The summed E-state index contributed by atoms with van der Waals surface area (Å²) in [6, 6.07) is 6.53. The smallest absolute Gasteiger partial charge is 0.227 e. The summed E-state index contributed by atoms with van der Waals surface area (Å²) in [5.74, 6) is 0.967. The van der Waals surface area contributed by atoms with Crippen molar-refractivity contribution in [1.29, 1.82) is 0 Å². The van der Waals surface area contributed by atoms with Crippen molar-refractivity contribution >= 4 is 5.91 Å². The van der Waals surface area contributed by atoms with Crippen LogP contribution in [0, 0.1) is 17.7 Å². The van der Waals surface area contributed by atoms with Crippen LogP contribution >= 0.6 is 0 Å². The highest BCUT2D eigenvalue weighted by molar-refractivity contribution is 5.79. The van der Waals surface area contributed by atoms with Gasteiger partial charge in [0.05, 0.1) is 19.1 Å². The fourth-order valence-corrected chi connectivity index (χ4v) is 3.91. The third-order valence-corrected chi connectivity index (χ3v) is 5.48. The molecule has 3 fully saturated rings. The van der Waals surface area contributed by atoms with E-state index in [1.807, 2.05) is 4.90 Å². The minimum Gasteiger partial charge on any atom is -0.375 e. The van der Waals surface area contributed by atoms with E-state index in [1.54, 1.807) is 18.2 Å². The number of rotatable bonds is 4. The van der Waals surface area contributed by atoms with E-state index >= 15 is 0 Å². The summed E-state index contributed by atoms with van der Waals surface area (Å²) in [7, 11) is 0. The van der Waals surface area contributed by atoms with Gasteiger partial charge in [-0.2, -0.15) is 0 Å². The molecule has 130 valence electrons. The summed E-state index contributed by atoms with van der Waals surface area (Å²) >= 11 is 0. The fourth-order valence-electron chi connectivity index (χ4n) is 3.91. The Kier molecular flexibility index (Phi) is 4.55. The first kappa shape index (κ1) is 16.0. The van der Waals surface area contributed by atoms with Crippen LogP contribution in [0.3, 0.4) is 0 Å². The molecule has 4 nitrogen and oxygen atoms in total. The van der Waals surface area contributed by atoms with Gasteiger partial charge in [-0.25, -0.2) is 4.39 Å². The molecule has 5 heteroatoms. The number of amides is 1. The van der Waals surface area contributed by atoms with Gasteiger partial charge in [-0.05, 0) is 30.4 Å². The summed E-state index contributed by atoms with van der Waals surface area (Å²) in [4.78, 5) is 16.9. The Labute approximate surface area is 142 Å². The number of nitrogens with zero attached hydrogens (tertiary/aromatic N) is 2. The van der Waals surface area contributed by atoms with Gasteiger partial charge in [-0.15, -0.1) is 0 Å². The molecule has 0 aromatic heterocycles. The van der Waals surface area contributed by atoms with E-state index < -0.39 is 0 Å². The van der Waals surface area contributed by atoms with Crippen molar-refractivity contribution < 1.29 is 13.9 Å². The number of ether oxygens (including phenoxy) is 1. The van der Waals surface area contributed by atoms with Gasteiger partial charge in [0.2, 0.25) is 5.91 Å². The summed E-state index contributed by atoms with van der Waals surface area (Å²) in [5.41, 5.74) is 0.478. The normalized spacial score (nSPS) is 27.8.